The molecule has 2 N–H and O–H groups in total. The quantitative estimate of drug-likeness (QED) is 0.356. The maximum Gasteiger partial charge on any atom is 0.308 e. The lowest BCUT2D eigenvalue weighted by atomic mass is 9.99. The van der Waals surface area contributed by atoms with E-state index in [0.29, 0.717) is 45.2 Å². The highest BCUT2D eigenvalue weighted by Crippen LogP contribution is 2.45. The summed E-state index contributed by atoms with van der Waals surface area (Å²) in [5, 5.41) is 28.9. The number of hydrazone groups is 1. The van der Waals surface area contributed by atoms with Gasteiger partial charge in [0.05, 0.1) is 20.8 Å². The summed E-state index contributed by atoms with van der Waals surface area (Å²) in [4.78, 5) is 13.8. The number of nitrogens with zero attached hydrogens (tertiary/aromatic N) is 3. The van der Waals surface area contributed by atoms with Crippen molar-refractivity contribution in [1.82, 2.24) is 4.90 Å². The van der Waals surface area contributed by atoms with E-state index in [4.69, 9.17) is 35.4 Å². The van der Waals surface area contributed by atoms with Gasteiger partial charge in [-0.05, 0) is 49.7 Å². The van der Waals surface area contributed by atoms with Crippen molar-refractivity contribution in [2.75, 3.05) is 18.1 Å². The van der Waals surface area contributed by atoms with Crippen LogP contribution in [0, 0.1) is 5.92 Å². The minimum Gasteiger partial charge on any atom is -0.504 e. The molecule has 0 amide bonds. The summed E-state index contributed by atoms with van der Waals surface area (Å²) in [6, 6.07) is 5.13. The first-order chi connectivity index (χ1) is 13.8. The summed E-state index contributed by atoms with van der Waals surface area (Å²) in [6.45, 7) is 2.70. The first-order valence-electron chi connectivity index (χ1n) is 8.89. The third-order valence-corrected chi connectivity index (χ3v) is 6.79. The molecule has 1 saturated heterocycles. The number of hydrogen-bond donors (Lipinski definition) is 2. The zero-order valence-electron chi connectivity index (χ0n) is 15.5. The van der Waals surface area contributed by atoms with Gasteiger partial charge in [-0.2, -0.15) is 5.10 Å². The Bertz CT molecular complexity index is 964. The molecule has 0 aliphatic carbocycles. The number of piperidine rings is 1. The van der Waals surface area contributed by atoms with Crippen molar-refractivity contribution < 1.29 is 15.0 Å². The molecule has 3 rings (SSSR count). The fraction of sp³-hybridized carbons (Fsp3) is 0.316. The molecule has 0 saturated carbocycles. The molecule has 1 fully saturated rings. The number of thiocarbonyl (C=S) groups is 1. The van der Waals surface area contributed by atoms with Gasteiger partial charge < -0.3 is 15.1 Å². The van der Waals surface area contributed by atoms with Crippen molar-refractivity contribution in [3.8, 4) is 16.2 Å². The van der Waals surface area contributed by atoms with Crippen LogP contribution in [-0.2, 0) is 4.79 Å². The number of benzene rings is 1. The number of carboxylic acids is 1. The van der Waals surface area contributed by atoms with Crippen LogP contribution in [0.5, 0.6) is 5.75 Å². The zero-order chi connectivity index (χ0) is 21.1. The van der Waals surface area contributed by atoms with Gasteiger partial charge in [-0.1, -0.05) is 29.3 Å². The minimum atomic E-state index is -0.830. The first-order valence-corrected chi connectivity index (χ1v) is 10.9. The molecule has 0 spiro atoms. The SMILES string of the molecule is C/C=N/N(C(=S)N1CCCC(C(=O)O)C1)c1csc(-c2ccc(Cl)c(Cl)c2)c1O. The summed E-state index contributed by atoms with van der Waals surface area (Å²) in [5.74, 6) is -1.28. The van der Waals surface area contributed by atoms with Gasteiger partial charge in [0.2, 0.25) is 0 Å². The highest BCUT2D eigenvalue weighted by molar-refractivity contribution is 7.80. The lowest BCUT2D eigenvalue weighted by Crippen LogP contribution is -2.47. The number of hydrogen-bond acceptors (Lipinski definition) is 5. The molecular weight excluding hydrogens is 453 g/mol. The normalized spacial score (nSPS) is 16.9. The minimum absolute atomic E-state index is 0.0214. The predicted molar refractivity (Wildman–Crippen MR) is 123 cm³/mol. The maximum absolute atomic E-state index is 11.4. The Morgan fingerprint density at radius 2 is 2.17 bits per heavy atom. The Kier molecular flexibility index (Phi) is 7.00. The van der Waals surface area contributed by atoms with Crippen LogP contribution in [0.15, 0.2) is 28.7 Å². The van der Waals surface area contributed by atoms with Crippen LogP contribution in [0.1, 0.15) is 19.8 Å². The van der Waals surface area contributed by atoms with Crippen LogP contribution in [0.2, 0.25) is 10.0 Å². The number of anilines is 1. The fourth-order valence-corrected chi connectivity index (χ4v) is 4.68. The van der Waals surface area contributed by atoms with Crippen molar-refractivity contribution in [3.63, 3.8) is 0 Å². The zero-order valence-corrected chi connectivity index (χ0v) is 18.7. The third-order valence-electron chi connectivity index (χ3n) is 4.61. The van der Waals surface area contributed by atoms with Crippen LogP contribution in [0.25, 0.3) is 10.4 Å². The molecular formula is C19H19Cl2N3O3S2. The smallest absolute Gasteiger partial charge is 0.308 e. The van der Waals surface area contributed by atoms with Gasteiger partial charge in [-0.3, -0.25) is 4.79 Å². The van der Waals surface area contributed by atoms with Crippen molar-refractivity contribution >= 4 is 69.7 Å². The summed E-state index contributed by atoms with van der Waals surface area (Å²) in [7, 11) is 0. The van der Waals surface area contributed by atoms with E-state index < -0.39 is 11.9 Å². The fourth-order valence-electron chi connectivity index (χ4n) is 3.15. The van der Waals surface area contributed by atoms with Crippen LogP contribution in [0.3, 0.4) is 0 Å². The van der Waals surface area contributed by atoms with E-state index in [2.05, 4.69) is 5.10 Å². The molecule has 1 aliphatic heterocycles. The number of likely N-dealkylation sites (tertiary alicyclic amines) is 1. The standard InChI is InChI=1S/C19H19Cl2N3O3S2/c1-2-22-24(19(28)23-7-3-4-12(9-23)18(26)27)15-10-29-17(16(15)25)11-5-6-13(20)14(21)8-11/h2,5-6,8,10,12,25H,3-4,7,9H2,1H3,(H,26,27)/b22-2+. The number of carboxylic acid groups (broad SMARTS) is 1. The molecule has 0 radical (unpaired) electrons. The summed E-state index contributed by atoms with van der Waals surface area (Å²) in [5.41, 5.74) is 1.15. The second-order valence-corrected chi connectivity index (χ2v) is 8.58. The Labute approximate surface area is 188 Å². The van der Waals surface area contributed by atoms with Crippen molar-refractivity contribution in [1.29, 1.82) is 0 Å². The second-order valence-electron chi connectivity index (χ2n) is 6.52. The molecule has 2 aromatic rings. The summed E-state index contributed by atoms with van der Waals surface area (Å²) >= 11 is 19.0. The van der Waals surface area contributed by atoms with Gasteiger partial charge in [0.1, 0.15) is 5.69 Å². The van der Waals surface area contributed by atoms with E-state index in [-0.39, 0.29) is 5.75 Å². The molecule has 1 unspecified atom stereocenters. The van der Waals surface area contributed by atoms with Gasteiger partial charge in [-0.15, -0.1) is 11.3 Å². The number of thiophene rings is 1. The lowest BCUT2D eigenvalue weighted by Gasteiger charge is -2.35. The topological polar surface area (TPSA) is 76.4 Å². The molecule has 10 heteroatoms. The number of rotatable bonds is 4. The molecule has 0 bridgehead atoms. The average molecular weight is 472 g/mol. The van der Waals surface area contributed by atoms with Crippen molar-refractivity contribution in [3.05, 3.63) is 33.6 Å². The molecule has 2 heterocycles. The monoisotopic (exact) mass is 471 g/mol. The summed E-state index contributed by atoms with van der Waals surface area (Å²) < 4.78 is 0. The highest BCUT2D eigenvalue weighted by Gasteiger charge is 2.30. The average Bonchev–Trinajstić information content (AvgIpc) is 3.09. The number of carbonyl (C=O) groups is 1. The van der Waals surface area contributed by atoms with Gasteiger partial charge in [-0.25, -0.2) is 5.01 Å². The van der Waals surface area contributed by atoms with E-state index in [1.54, 1.807) is 36.7 Å². The molecule has 1 aromatic carbocycles. The van der Waals surface area contributed by atoms with Gasteiger partial charge in [0, 0.05) is 24.7 Å². The lowest BCUT2D eigenvalue weighted by molar-refractivity contribution is -0.143. The number of halogens is 2. The van der Waals surface area contributed by atoms with E-state index in [0.717, 1.165) is 12.0 Å². The van der Waals surface area contributed by atoms with E-state index in [1.165, 1.54) is 16.3 Å². The molecule has 6 nitrogen and oxygen atoms in total. The van der Waals surface area contributed by atoms with Crippen molar-refractivity contribution in [2.24, 2.45) is 11.0 Å². The summed E-state index contributed by atoms with van der Waals surface area (Å²) in [6.07, 6.45) is 2.92. The predicted octanol–water partition coefficient (Wildman–Crippen LogP) is 5.32. The maximum atomic E-state index is 11.4. The van der Waals surface area contributed by atoms with E-state index in [1.807, 2.05) is 4.90 Å². The van der Waals surface area contributed by atoms with Crippen molar-refractivity contribution in [2.45, 2.75) is 19.8 Å². The van der Waals surface area contributed by atoms with Gasteiger partial charge in [0.25, 0.3) is 0 Å². The third kappa shape index (κ3) is 4.66. The Morgan fingerprint density at radius 3 is 2.83 bits per heavy atom. The molecule has 1 aromatic heterocycles. The molecule has 1 aliphatic rings. The first kappa shape index (κ1) is 21.8. The van der Waals surface area contributed by atoms with Crippen LogP contribution in [-0.4, -0.2) is 45.5 Å². The van der Waals surface area contributed by atoms with Crippen LogP contribution in [0.4, 0.5) is 5.69 Å². The van der Waals surface area contributed by atoms with Gasteiger partial charge >= 0.3 is 5.97 Å². The Hall–Kier alpha value is -1.87. The Balaban J connectivity index is 1.91. The van der Waals surface area contributed by atoms with E-state index >= 15 is 0 Å². The largest absolute Gasteiger partial charge is 0.504 e. The second kappa shape index (κ2) is 9.30. The van der Waals surface area contributed by atoms with Crippen LogP contribution < -0.4 is 5.01 Å². The van der Waals surface area contributed by atoms with E-state index in [9.17, 15) is 15.0 Å². The Morgan fingerprint density at radius 1 is 1.41 bits per heavy atom. The molecule has 29 heavy (non-hydrogen) atoms. The highest BCUT2D eigenvalue weighted by atomic mass is 35.5. The molecule has 154 valence electrons. The van der Waals surface area contributed by atoms with Crippen LogP contribution >= 0.6 is 46.8 Å². The number of aromatic hydroxyl groups is 1. The number of aliphatic carboxylic acids is 1. The van der Waals surface area contributed by atoms with Gasteiger partial charge in [0.15, 0.2) is 10.9 Å². The molecule has 1 atom stereocenters.